The van der Waals surface area contributed by atoms with Gasteiger partial charge in [0.1, 0.15) is 0 Å². The molecule has 0 spiro atoms. The lowest BCUT2D eigenvalue weighted by molar-refractivity contribution is -0.384. The summed E-state index contributed by atoms with van der Waals surface area (Å²) in [5.41, 5.74) is 2.99. The van der Waals surface area contributed by atoms with Crippen molar-refractivity contribution in [3.8, 4) is 0 Å². The van der Waals surface area contributed by atoms with Crippen molar-refractivity contribution >= 4 is 40.8 Å². The molecule has 0 saturated carbocycles. The summed E-state index contributed by atoms with van der Waals surface area (Å²) in [4.78, 5) is 10.1. The zero-order chi connectivity index (χ0) is 14.4. The van der Waals surface area contributed by atoms with Crippen molar-refractivity contribution in [2.75, 3.05) is 0 Å². The van der Waals surface area contributed by atoms with Gasteiger partial charge in [0.25, 0.3) is 5.69 Å². The molecule has 0 aromatic heterocycles. The Balaban J connectivity index is 2.73. The third-order valence-electron chi connectivity index (χ3n) is 1.98. The molecule has 0 unspecified atom stereocenters. The lowest BCUT2D eigenvalue weighted by atomic mass is 10.2. The molecule has 2 N–H and O–H groups in total. The Kier molecular flexibility index (Phi) is 5.65. The van der Waals surface area contributed by atoms with Gasteiger partial charge in [0, 0.05) is 28.8 Å². The van der Waals surface area contributed by atoms with Gasteiger partial charge in [0.2, 0.25) is 0 Å². The molecule has 0 radical (unpaired) electrons. The van der Waals surface area contributed by atoms with E-state index in [1.165, 1.54) is 24.4 Å². The van der Waals surface area contributed by atoms with Crippen LogP contribution in [0.2, 0.25) is 5.02 Å². The zero-order valence-corrected chi connectivity index (χ0v) is 12.0. The second kappa shape index (κ2) is 7.01. The van der Waals surface area contributed by atoms with Gasteiger partial charge in [-0.25, -0.2) is 0 Å². The topological polar surface area (TPSA) is 79.6 Å². The highest BCUT2D eigenvalue weighted by Crippen LogP contribution is 2.20. The summed E-state index contributed by atoms with van der Waals surface area (Å²) < 4.78 is 0. The molecular weight excluding hydrogens is 288 g/mol. The Bertz CT molecular complexity index is 519. The Morgan fingerprint density at radius 3 is 2.84 bits per heavy atom. The second-order valence-corrected chi connectivity index (χ2v) is 4.78. The molecular formula is C11H13ClN4O2S. The predicted octanol–water partition coefficient (Wildman–Crippen LogP) is 2.45. The van der Waals surface area contributed by atoms with E-state index in [0.717, 1.165) is 0 Å². The van der Waals surface area contributed by atoms with Crippen molar-refractivity contribution in [1.29, 1.82) is 0 Å². The van der Waals surface area contributed by atoms with Gasteiger partial charge in [0.05, 0.1) is 11.1 Å². The van der Waals surface area contributed by atoms with E-state index in [-0.39, 0.29) is 11.7 Å². The largest absolute Gasteiger partial charge is 0.359 e. The van der Waals surface area contributed by atoms with Crippen LogP contribution in [0.3, 0.4) is 0 Å². The summed E-state index contributed by atoms with van der Waals surface area (Å²) >= 11 is 10.9. The van der Waals surface area contributed by atoms with E-state index in [1.807, 2.05) is 13.8 Å². The molecule has 0 saturated heterocycles. The van der Waals surface area contributed by atoms with E-state index >= 15 is 0 Å². The minimum absolute atomic E-state index is 0.0475. The SMILES string of the molecule is CC(C)NC(=S)N/N=C\c1cc([N+](=O)[O-])ccc1Cl. The van der Waals surface area contributed by atoms with Crippen molar-refractivity contribution < 1.29 is 4.92 Å². The number of hydrogen-bond donors (Lipinski definition) is 2. The van der Waals surface area contributed by atoms with Gasteiger partial charge >= 0.3 is 0 Å². The van der Waals surface area contributed by atoms with Crippen LogP contribution in [0.5, 0.6) is 0 Å². The van der Waals surface area contributed by atoms with Gasteiger partial charge in [-0.15, -0.1) is 0 Å². The maximum atomic E-state index is 10.6. The standard InChI is InChI=1S/C11H13ClN4O2S/c1-7(2)14-11(19)15-13-6-8-5-9(16(17)18)3-4-10(8)12/h3-7H,1-2H3,(H2,14,15,19)/b13-6-. The second-order valence-electron chi connectivity index (χ2n) is 3.96. The fourth-order valence-corrected chi connectivity index (χ4v) is 1.65. The number of hydrazone groups is 1. The quantitative estimate of drug-likeness (QED) is 0.386. The van der Waals surface area contributed by atoms with Crippen LogP contribution in [-0.4, -0.2) is 22.3 Å². The normalized spacial score (nSPS) is 10.7. The third-order valence-corrected chi connectivity index (χ3v) is 2.53. The lowest BCUT2D eigenvalue weighted by Gasteiger charge is -2.09. The van der Waals surface area contributed by atoms with Gasteiger partial charge in [0.15, 0.2) is 5.11 Å². The van der Waals surface area contributed by atoms with Gasteiger partial charge in [-0.05, 0) is 32.1 Å². The van der Waals surface area contributed by atoms with Crippen LogP contribution in [0.15, 0.2) is 23.3 Å². The molecule has 19 heavy (non-hydrogen) atoms. The predicted molar refractivity (Wildman–Crippen MR) is 79.7 cm³/mol. The molecule has 0 amide bonds. The minimum atomic E-state index is -0.494. The fourth-order valence-electron chi connectivity index (χ4n) is 1.20. The molecule has 1 aromatic rings. The number of non-ortho nitro benzene ring substituents is 1. The molecule has 102 valence electrons. The van der Waals surface area contributed by atoms with Crippen molar-refractivity contribution in [1.82, 2.24) is 10.7 Å². The van der Waals surface area contributed by atoms with Gasteiger partial charge in [-0.2, -0.15) is 5.10 Å². The van der Waals surface area contributed by atoms with Crippen LogP contribution in [0.4, 0.5) is 5.69 Å². The lowest BCUT2D eigenvalue weighted by Crippen LogP contribution is -2.36. The van der Waals surface area contributed by atoms with Crippen LogP contribution in [0.25, 0.3) is 0 Å². The average Bonchev–Trinajstić information content (AvgIpc) is 2.30. The number of nitrogens with one attached hydrogen (secondary N) is 2. The van der Waals surface area contributed by atoms with Crippen LogP contribution in [0.1, 0.15) is 19.4 Å². The molecule has 0 aliphatic carbocycles. The van der Waals surface area contributed by atoms with E-state index < -0.39 is 4.92 Å². The summed E-state index contributed by atoms with van der Waals surface area (Å²) in [7, 11) is 0. The first kappa shape index (κ1) is 15.3. The van der Waals surface area contributed by atoms with E-state index in [0.29, 0.717) is 15.7 Å². The summed E-state index contributed by atoms with van der Waals surface area (Å²) in [6.45, 7) is 3.88. The Hall–Kier alpha value is -1.73. The molecule has 0 atom stereocenters. The van der Waals surface area contributed by atoms with E-state index in [1.54, 1.807) is 0 Å². The number of benzene rings is 1. The number of nitrogens with zero attached hydrogens (tertiary/aromatic N) is 2. The van der Waals surface area contributed by atoms with E-state index in [4.69, 9.17) is 23.8 Å². The highest BCUT2D eigenvalue weighted by Gasteiger charge is 2.08. The average molecular weight is 301 g/mol. The summed E-state index contributed by atoms with van der Waals surface area (Å²) in [6.07, 6.45) is 1.38. The van der Waals surface area contributed by atoms with Crippen LogP contribution in [0, 0.1) is 10.1 Å². The highest BCUT2D eigenvalue weighted by molar-refractivity contribution is 7.80. The van der Waals surface area contributed by atoms with Gasteiger partial charge in [-0.1, -0.05) is 11.6 Å². The van der Waals surface area contributed by atoms with E-state index in [9.17, 15) is 10.1 Å². The number of rotatable bonds is 4. The maximum Gasteiger partial charge on any atom is 0.270 e. The first-order chi connectivity index (χ1) is 8.90. The van der Waals surface area contributed by atoms with Gasteiger partial charge < -0.3 is 5.32 Å². The molecule has 0 bridgehead atoms. The first-order valence-corrected chi connectivity index (χ1v) is 6.22. The van der Waals surface area contributed by atoms with Crippen molar-refractivity contribution in [2.45, 2.75) is 19.9 Å². The van der Waals surface area contributed by atoms with Crippen LogP contribution in [-0.2, 0) is 0 Å². The van der Waals surface area contributed by atoms with E-state index in [2.05, 4.69) is 15.8 Å². The molecule has 1 aromatic carbocycles. The number of nitro benzene ring substituents is 1. The Morgan fingerprint density at radius 2 is 2.26 bits per heavy atom. The maximum absolute atomic E-state index is 10.6. The summed E-state index contributed by atoms with van der Waals surface area (Å²) in [5.74, 6) is 0. The monoisotopic (exact) mass is 300 g/mol. The number of halogens is 1. The van der Waals surface area contributed by atoms with Crippen LogP contribution >= 0.6 is 23.8 Å². The summed E-state index contributed by atoms with van der Waals surface area (Å²) in [6, 6.07) is 4.31. The third kappa shape index (κ3) is 5.19. The zero-order valence-electron chi connectivity index (χ0n) is 10.4. The highest BCUT2D eigenvalue weighted by atomic mass is 35.5. The fraction of sp³-hybridized carbons (Fsp3) is 0.273. The van der Waals surface area contributed by atoms with Crippen molar-refractivity contribution in [3.63, 3.8) is 0 Å². The molecule has 8 heteroatoms. The number of hydrogen-bond acceptors (Lipinski definition) is 4. The number of thiocarbonyl (C=S) groups is 1. The smallest absolute Gasteiger partial charge is 0.270 e. The Morgan fingerprint density at radius 1 is 1.58 bits per heavy atom. The molecule has 0 fully saturated rings. The van der Waals surface area contributed by atoms with Crippen LogP contribution < -0.4 is 10.7 Å². The van der Waals surface area contributed by atoms with Crippen molar-refractivity contribution in [2.24, 2.45) is 5.10 Å². The molecule has 1 rings (SSSR count). The first-order valence-electron chi connectivity index (χ1n) is 5.43. The molecule has 6 nitrogen and oxygen atoms in total. The minimum Gasteiger partial charge on any atom is -0.359 e. The molecule has 0 heterocycles. The molecule has 0 aliphatic rings. The summed E-state index contributed by atoms with van der Waals surface area (Å²) in [5, 5.41) is 18.2. The number of nitro groups is 1. The Labute approximate surface area is 121 Å². The molecule has 0 aliphatic heterocycles. The van der Waals surface area contributed by atoms with Gasteiger partial charge in [-0.3, -0.25) is 15.5 Å². The van der Waals surface area contributed by atoms with Crippen molar-refractivity contribution in [3.05, 3.63) is 38.9 Å².